The molecule has 26 heavy (non-hydrogen) atoms. The van der Waals surface area contributed by atoms with Crippen LogP contribution in [0.15, 0.2) is 22.7 Å². The SMILES string of the molecule is CC1(c2nc(-c3cccc4sc(C(F)(F)F)nc34)no2)CCC(=O)NC1. The van der Waals surface area contributed by atoms with Gasteiger partial charge in [0.05, 0.1) is 15.6 Å². The van der Waals surface area contributed by atoms with Crippen LogP contribution in [0.4, 0.5) is 13.2 Å². The summed E-state index contributed by atoms with van der Waals surface area (Å²) in [6.07, 6.45) is -3.60. The van der Waals surface area contributed by atoms with E-state index in [1.807, 2.05) is 6.92 Å². The number of carbonyl (C=O) groups excluding carboxylic acids is 1. The molecule has 1 atom stereocenters. The van der Waals surface area contributed by atoms with Crippen LogP contribution in [0.25, 0.3) is 21.6 Å². The van der Waals surface area contributed by atoms with E-state index in [2.05, 4.69) is 20.4 Å². The van der Waals surface area contributed by atoms with Gasteiger partial charge in [0, 0.05) is 18.5 Å². The first-order chi connectivity index (χ1) is 12.3. The number of nitrogens with zero attached hydrogens (tertiary/aromatic N) is 3. The van der Waals surface area contributed by atoms with Gasteiger partial charge < -0.3 is 9.84 Å². The molecule has 1 aromatic carbocycles. The van der Waals surface area contributed by atoms with E-state index in [0.717, 1.165) is 0 Å². The predicted molar refractivity (Wildman–Crippen MR) is 87.5 cm³/mol. The van der Waals surface area contributed by atoms with Gasteiger partial charge in [0.25, 0.3) is 0 Å². The van der Waals surface area contributed by atoms with E-state index < -0.39 is 16.6 Å². The highest BCUT2D eigenvalue weighted by Crippen LogP contribution is 2.38. The third-order valence-electron chi connectivity index (χ3n) is 4.42. The van der Waals surface area contributed by atoms with E-state index in [0.29, 0.717) is 46.9 Å². The van der Waals surface area contributed by atoms with Crippen LogP contribution < -0.4 is 5.32 Å². The van der Waals surface area contributed by atoms with Crippen molar-refractivity contribution >= 4 is 27.5 Å². The number of nitrogens with one attached hydrogen (secondary N) is 1. The van der Waals surface area contributed by atoms with Gasteiger partial charge in [-0.1, -0.05) is 11.2 Å². The van der Waals surface area contributed by atoms with Crippen molar-refractivity contribution in [3.8, 4) is 11.4 Å². The van der Waals surface area contributed by atoms with Crippen LogP contribution in [0, 0.1) is 0 Å². The minimum Gasteiger partial charge on any atom is -0.355 e. The molecular weight excluding hydrogens is 369 g/mol. The molecule has 1 amide bonds. The third kappa shape index (κ3) is 2.83. The molecule has 0 radical (unpaired) electrons. The number of hydrogen-bond donors (Lipinski definition) is 1. The first kappa shape index (κ1) is 17.0. The van der Waals surface area contributed by atoms with Gasteiger partial charge in [-0.3, -0.25) is 4.79 Å². The molecule has 1 aliphatic heterocycles. The number of alkyl halides is 3. The lowest BCUT2D eigenvalue weighted by Gasteiger charge is -2.29. The van der Waals surface area contributed by atoms with Crippen molar-refractivity contribution in [2.75, 3.05) is 6.54 Å². The van der Waals surface area contributed by atoms with Crippen molar-refractivity contribution in [2.24, 2.45) is 0 Å². The molecule has 136 valence electrons. The van der Waals surface area contributed by atoms with Crippen LogP contribution in [-0.4, -0.2) is 27.6 Å². The Bertz CT molecular complexity index is 985. The third-order valence-corrected chi connectivity index (χ3v) is 5.49. The molecule has 1 aliphatic rings. The molecule has 1 saturated heterocycles. The average Bonchev–Trinajstić information content (AvgIpc) is 3.24. The molecule has 0 aliphatic carbocycles. The number of para-hydroxylation sites is 1. The summed E-state index contributed by atoms with van der Waals surface area (Å²) in [5.41, 5.74) is 0.0682. The number of rotatable bonds is 2. The first-order valence-electron chi connectivity index (χ1n) is 7.84. The Morgan fingerprint density at radius 3 is 2.81 bits per heavy atom. The Morgan fingerprint density at radius 1 is 1.31 bits per heavy atom. The Labute approximate surface area is 149 Å². The molecule has 0 saturated carbocycles. The molecule has 1 N–H and O–H groups in total. The molecule has 0 spiro atoms. The standard InChI is InChI=1S/C16H13F3N4O2S/c1-15(6-5-10(24)20-7-15)13-22-12(23-25-13)8-3-2-4-9-11(8)21-14(26-9)16(17,18)19/h2-4H,5-7H2,1H3,(H,20,24). The second-order valence-corrected chi connectivity index (χ2v) is 7.46. The fourth-order valence-corrected chi connectivity index (χ4v) is 3.73. The van der Waals surface area contributed by atoms with Gasteiger partial charge in [0.1, 0.15) is 0 Å². The highest BCUT2D eigenvalue weighted by atomic mass is 32.1. The quantitative estimate of drug-likeness (QED) is 0.733. The van der Waals surface area contributed by atoms with Crippen LogP contribution in [-0.2, 0) is 16.4 Å². The van der Waals surface area contributed by atoms with Gasteiger partial charge in [-0.15, -0.1) is 11.3 Å². The Balaban J connectivity index is 1.74. The smallest absolute Gasteiger partial charge is 0.355 e. The topological polar surface area (TPSA) is 80.9 Å². The summed E-state index contributed by atoms with van der Waals surface area (Å²) in [7, 11) is 0. The maximum absolute atomic E-state index is 13.0. The zero-order valence-corrected chi connectivity index (χ0v) is 14.4. The molecule has 1 fully saturated rings. The fourth-order valence-electron chi connectivity index (χ4n) is 2.87. The lowest BCUT2D eigenvalue weighted by Crippen LogP contribution is -2.44. The van der Waals surface area contributed by atoms with Gasteiger partial charge in [-0.2, -0.15) is 18.2 Å². The minimum absolute atomic E-state index is 0.0332. The Kier molecular flexibility index (Phi) is 3.76. The summed E-state index contributed by atoms with van der Waals surface area (Å²) in [5, 5.41) is 5.79. The molecule has 0 bridgehead atoms. The van der Waals surface area contributed by atoms with Crippen molar-refractivity contribution in [1.82, 2.24) is 20.4 Å². The van der Waals surface area contributed by atoms with E-state index in [1.54, 1.807) is 18.2 Å². The Hall–Kier alpha value is -2.49. The molecule has 3 aromatic rings. The van der Waals surface area contributed by atoms with Gasteiger partial charge in [0.15, 0.2) is 5.01 Å². The Morgan fingerprint density at radius 2 is 2.12 bits per heavy atom. The predicted octanol–water partition coefficient (Wildman–Crippen LogP) is 3.53. The van der Waals surface area contributed by atoms with Gasteiger partial charge >= 0.3 is 6.18 Å². The van der Waals surface area contributed by atoms with Gasteiger partial charge in [0.2, 0.25) is 17.6 Å². The van der Waals surface area contributed by atoms with Crippen molar-refractivity contribution in [1.29, 1.82) is 0 Å². The van der Waals surface area contributed by atoms with E-state index in [-0.39, 0.29) is 17.2 Å². The number of halogens is 3. The van der Waals surface area contributed by atoms with Crippen molar-refractivity contribution in [3.63, 3.8) is 0 Å². The summed E-state index contributed by atoms with van der Waals surface area (Å²) in [6, 6.07) is 4.82. The maximum atomic E-state index is 13.0. The first-order valence-corrected chi connectivity index (χ1v) is 8.66. The van der Waals surface area contributed by atoms with Gasteiger partial charge in [-0.25, -0.2) is 4.98 Å². The normalized spacial score (nSPS) is 21.2. The lowest BCUT2D eigenvalue weighted by atomic mass is 9.82. The van der Waals surface area contributed by atoms with Crippen molar-refractivity contribution in [2.45, 2.75) is 31.4 Å². The van der Waals surface area contributed by atoms with Gasteiger partial charge in [-0.05, 0) is 25.5 Å². The molecule has 1 unspecified atom stereocenters. The molecule has 2 aromatic heterocycles. The van der Waals surface area contributed by atoms with E-state index in [1.165, 1.54) is 0 Å². The summed E-state index contributed by atoms with van der Waals surface area (Å²) in [4.78, 5) is 19.5. The van der Waals surface area contributed by atoms with E-state index in [9.17, 15) is 18.0 Å². The number of aromatic nitrogens is 3. The number of amides is 1. The minimum atomic E-state index is -4.50. The summed E-state index contributed by atoms with van der Waals surface area (Å²) in [6.45, 7) is 2.27. The number of hydrogen-bond acceptors (Lipinski definition) is 6. The number of piperidine rings is 1. The van der Waals surface area contributed by atoms with E-state index in [4.69, 9.17) is 4.52 Å². The van der Waals surface area contributed by atoms with Crippen LogP contribution >= 0.6 is 11.3 Å². The zero-order valence-electron chi connectivity index (χ0n) is 13.6. The largest absolute Gasteiger partial charge is 0.443 e. The number of thiazole rings is 1. The number of benzene rings is 1. The second kappa shape index (κ2) is 5.76. The van der Waals surface area contributed by atoms with Crippen molar-refractivity contribution < 1.29 is 22.5 Å². The van der Waals surface area contributed by atoms with Crippen LogP contribution in [0.1, 0.15) is 30.7 Å². The lowest BCUT2D eigenvalue weighted by molar-refractivity contribution is -0.137. The fraction of sp³-hybridized carbons (Fsp3) is 0.375. The summed E-state index contributed by atoms with van der Waals surface area (Å²) < 4.78 is 44.6. The van der Waals surface area contributed by atoms with Crippen LogP contribution in [0.2, 0.25) is 0 Å². The van der Waals surface area contributed by atoms with E-state index >= 15 is 0 Å². The number of fused-ring (bicyclic) bond motifs is 1. The summed E-state index contributed by atoms with van der Waals surface area (Å²) in [5.74, 6) is 0.493. The molecule has 10 heteroatoms. The average molecular weight is 382 g/mol. The molecule has 3 heterocycles. The second-order valence-electron chi connectivity index (χ2n) is 6.43. The van der Waals surface area contributed by atoms with Crippen LogP contribution in [0.5, 0.6) is 0 Å². The molecular formula is C16H13F3N4O2S. The monoisotopic (exact) mass is 382 g/mol. The number of carbonyl (C=O) groups is 1. The zero-order chi connectivity index (χ0) is 18.5. The summed E-state index contributed by atoms with van der Waals surface area (Å²) >= 11 is 0.578. The van der Waals surface area contributed by atoms with Crippen molar-refractivity contribution in [3.05, 3.63) is 29.1 Å². The van der Waals surface area contributed by atoms with Crippen LogP contribution in [0.3, 0.4) is 0 Å². The highest BCUT2D eigenvalue weighted by molar-refractivity contribution is 7.18. The molecule has 6 nitrogen and oxygen atoms in total. The highest BCUT2D eigenvalue weighted by Gasteiger charge is 2.38. The maximum Gasteiger partial charge on any atom is 0.443 e. The molecule has 4 rings (SSSR count).